The molecule has 0 unspecified atom stereocenters. The van der Waals surface area contributed by atoms with Crippen molar-refractivity contribution in [3.8, 4) is 5.75 Å². The quantitative estimate of drug-likeness (QED) is 0.725. The monoisotopic (exact) mass is 347 g/mol. The number of hydrogen-bond acceptors (Lipinski definition) is 2. The third kappa shape index (κ3) is 5.18. The van der Waals surface area contributed by atoms with Crippen LogP contribution >= 0.6 is 15.9 Å². The average Bonchev–Trinajstić information content (AvgIpc) is 2.48. The van der Waals surface area contributed by atoms with E-state index in [9.17, 15) is 0 Å². The lowest BCUT2D eigenvalue weighted by molar-refractivity contribution is 0.302. The van der Waals surface area contributed by atoms with Gasteiger partial charge in [0.25, 0.3) is 0 Å². The van der Waals surface area contributed by atoms with Gasteiger partial charge in [-0.15, -0.1) is 0 Å². The highest BCUT2D eigenvalue weighted by atomic mass is 79.9. The van der Waals surface area contributed by atoms with E-state index in [2.05, 4.69) is 46.3 Å². The smallest absolute Gasteiger partial charge is 0.125 e. The molecule has 112 valence electrons. The molecule has 1 atom stereocenters. The molecule has 2 aromatic rings. The Balaban J connectivity index is 1.79. The first-order valence-corrected chi connectivity index (χ1v) is 8.18. The molecule has 0 amide bonds. The lowest BCUT2D eigenvalue weighted by Gasteiger charge is -2.14. The second-order valence-corrected chi connectivity index (χ2v) is 6.18. The van der Waals surface area contributed by atoms with Gasteiger partial charge in [0, 0.05) is 16.1 Å². The average molecular weight is 348 g/mol. The van der Waals surface area contributed by atoms with Crippen molar-refractivity contribution in [2.75, 3.05) is 6.61 Å². The van der Waals surface area contributed by atoms with Crippen LogP contribution in [-0.2, 0) is 6.42 Å². The van der Waals surface area contributed by atoms with E-state index in [4.69, 9.17) is 10.5 Å². The summed E-state index contributed by atoms with van der Waals surface area (Å²) < 4.78 is 6.93. The van der Waals surface area contributed by atoms with E-state index in [1.165, 1.54) is 5.56 Å². The molecular weight excluding hydrogens is 326 g/mol. The fraction of sp³-hybridized carbons (Fsp3) is 0.333. The topological polar surface area (TPSA) is 35.2 Å². The molecule has 0 radical (unpaired) electrons. The Morgan fingerprint density at radius 2 is 1.86 bits per heavy atom. The molecule has 2 aromatic carbocycles. The zero-order chi connectivity index (χ0) is 15.1. The van der Waals surface area contributed by atoms with Crippen LogP contribution < -0.4 is 10.5 Å². The maximum Gasteiger partial charge on any atom is 0.125 e. The minimum atomic E-state index is -0.0163. The van der Waals surface area contributed by atoms with E-state index in [-0.39, 0.29) is 6.04 Å². The molecule has 0 aliphatic carbocycles. The lowest BCUT2D eigenvalue weighted by Crippen LogP contribution is -2.08. The van der Waals surface area contributed by atoms with Gasteiger partial charge in [0.1, 0.15) is 5.75 Å². The number of aryl methyl sites for hydroxylation is 1. The molecule has 0 saturated carbocycles. The van der Waals surface area contributed by atoms with Crippen LogP contribution in [0.15, 0.2) is 53.0 Å². The van der Waals surface area contributed by atoms with Gasteiger partial charge in [-0.25, -0.2) is 0 Å². The zero-order valence-corrected chi connectivity index (χ0v) is 14.0. The van der Waals surface area contributed by atoms with Crippen molar-refractivity contribution in [1.29, 1.82) is 0 Å². The van der Waals surface area contributed by atoms with Crippen LogP contribution in [0.1, 0.15) is 36.9 Å². The molecule has 0 fully saturated rings. The Morgan fingerprint density at radius 3 is 2.57 bits per heavy atom. The molecule has 0 bridgehead atoms. The first-order chi connectivity index (χ1) is 10.2. The molecule has 21 heavy (non-hydrogen) atoms. The van der Waals surface area contributed by atoms with Gasteiger partial charge < -0.3 is 10.5 Å². The number of hydrogen-bond donors (Lipinski definition) is 1. The summed E-state index contributed by atoms with van der Waals surface area (Å²) in [6.45, 7) is 2.70. The summed E-state index contributed by atoms with van der Waals surface area (Å²) in [5, 5.41) is 0. The Labute approximate surface area is 135 Å². The van der Waals surface area contributed by atoms with Gasteiger partial charge in [0.05, 0.1) is 6.61 Å². The highest BCUT2D eigenvalue weighted by Crippen LogP contribution is 2.27. The van der Waals surface area contributed by atoms with Crippen LogP contribution in [0.2, 0.25) is 0 Å². The Hall–Kier alpha value is -1.32. The van der Waals surface area contributed by atoms with Crippen LogP contribution in [0.3, 0.4) is 0 Å². The van der Waals surface area contributed by atoms with Gasteiger partial charge in [0.2, 0.25) is 0 Å². The van der Waals surface area contributed by atoms with E-state index in [1.54, 1.807) is 0 Å². The highest BCUT2D eigenvalue weighted by molar-refractivity contribution is 9.10. The van der Waals surface area contributed by atoms with E-state index >= 15 is 0 Å². The Bertz CT molecular complexity index is 554. The van der Waals surface area contributed by atoms with Gasteiger partial charge in [-0.1, -0.05) is 52.3 Å². The van der Waals surface area contributed by atoms with E-state index in [1.807, 2.05) is 25.1 Å². The third-order valence-corrected chi connectivity index (χ3v) is 3.92. The van der Waals surface area contributed by atoms with E-state index in [0.717, 1.165) is 41.7 Å². The van der Waals surface area contributed by atoms with Crippen molar-refractivity contribution in [3.63, 3.8) is 0 Å². The normalized spacial score (nSPS) is 12.1. The summed E-state index contributed by atoms with van der Waals surface area (Å²) >= 11 is 3.48. The van der Waals surface area contributed by atoms with Crippen LogP contribution in [0.5, 0.6) is 5.75 Å². The summed E-state index contributed by atoms with van der Waals surface area (Å²) in [5.41, 5.74) is 8.42. The first kappa shape index (κ1) is 16.1. The highest BCUT2D eigenvalue weighted by Gasteiger charge is 2.08. The van der Waals surface area contributed by atoms with Crippen LogP contribution in [0.25, 0.3) is 0 Å². The molecule has 0 aliphatic heterocycles. The molecule has 0 aliphatic rings. The van der Waals surface area contributed by atoms with Crippen LogP contribution in [0.4, 0.5) is 0 Å². The largest absolute Gasteiger partial charge is 0.493 e. The zero-order valence-electron chi connectivity index (χ0n) is 12.4. The molecular formula is C18H22BrNO. The molecule has 0 spiro atoms. The molecule has 2 rings (SSSR count). The van der Waals surface area contributed by atoms with Crippen molar-refractivity contribution in [1.82, 2.24) is 0 Å². The summed E-state index contributed by atoms with van der Waals surface area (Å²) in [7, 11) is 0. The Kier molecular flexibility index (Phi) is 6.27. The number of halogens is 1. The second kappa shape index (κ2) is 8.20. The number of nitrogens with two attached hydrogens (primary N) is 1. The third-order valence-electron chi connectivity index (χ3n) is 3.43. The van der Waals surface area contributed by atoms with Crippen LogP contribution in [0, 0.1) is 0 Å². The Morgan fingerprint density at radius 1 is 1.10 bits per heavy atom. The fourth-order valence-corrected chi connectivity index (χ4v) is 2.61. The molecule has 2 nitrogen and oxygen atoms in total. The summed E-state index contributed by atoms with van der Waals surface area (Å²) in [6, 6.07) is 16.6. The van der Waals surface area contributed by atoms with Crippen molar-refractivity contribution in [2.45, 2.75) is 32.2 Å². The minimum Gasteiger partial charge on any atom is -0.493 e. The molecule has 0 aromatic heterocycles. The van der Waals surface area contributed by atoms with Crippen molar-refractivity contribution >= 4 is 15.9 Å². The first-order valence-electron chi connectivity index (χ1n) is 7.38. The maximum absolute atomic E-state index is 5.98. The maximum atomic E-state index is 5.98. The lowest BCUT2D eigenvalue weighted by atomic mass is 10.1. The molecule has 2 N–H and O–H groups in total. The summed E-state index contributed by atoms with van der Waals surface area (Å²) in [5.74, 6) is 0.888. The minimum absolute atomic E-state index is 0.0163. The van der Waals surface area contributed by atoms with Crippen molar-refractivity contribution in [3.05, 3.63) is 64.1 Å². The SMILES string of the molecule is C[C@H](N)c1ccc(Br)cc1OCCCCc1ccccc1. The number of unbranched alkanes of at least 4 members (excludes halogenated alkanes) is 1. The van der Waals surface area contributed by atoms with Crippen molar-refractivity contribution in [2.24, 2.45) is 5.73 Å². The predicted molar refractivity (Wildman–Crippen MR) is 91.6 cm³/mol. The van der Waals surface area contributed by atoms with E-state index < -0.39 is 0 Å². The molecule has 3 heteroatoms. The van der Waals surface area contributed by atoms with E-state index in [0.29, 0.717) is 0 Å². The summed E-state index contributed by atoms with van der Waals surface area (Å²) in [4.78, 5) is 0. The second-order valence-electron chi connectivity index (χ2n) is 5.26. The molecule has 0 saturated heterocycles. The standard InChI is InChI=1S/C18H22BrNO/c1-14(20)17-11-10-16(19)13-18(17)21-12-6-5-9-15-7-3-2-4-8-15/h2-4,7-8,10-11,13-14H,5-6,9,12,20H2,1H3/t14-/m0/s1. The predicted octanol–water partition coefficient (Wildman–Crippen LogP) is 4.87. The number of benzene rings is 2. The van der Waals surface area contributed by atoms with Gasteiger partial charge in [-0.05, 0) is 43.9 Å². The fourth-order valence-electron chi connectivity index (χ4n) is 2.27. The van der Waals surface area contributed by atoms with Gasteiger partial charge in [0.15, 0.2) is 0 Å². The van der Waals surface area contributed by atoms with Crippen LogP contribution in [-0.4, -0.2) is 6.61 Å². The number of ether oxygens (including phenoxy) is 1. The van der Waals surface area contributed by atoms with Gasteiger partial charge in [-0.3, -0.25) is 0 Å². The van der Waals surface area contributed by atoms with Crippen molar-refractivity contribution < 1.29 is 4.74 Å². The number of rotatable bonds is 7. The van der Waals surface area contributed by atoms with Gasteiger partial charge >= 0.3 is 0 Å². The van der Waals surface area contributed by atoms with Gasteiger partial charge in [-0.2, -0.15) is 0 Å². The summed E-state index contributed by atoms with van der Waals surface area (Å²) in [6.07, 6.45) is 3.27. The molecule has 0 heterocycles.